The van der Waals surface area contributed by atoms with Crippen LogP contribution >= 0.6 is 11.8 Å². The molecule has 3 rings (SSSR count). The number of benzene rings is 1. The first-order chi connectivity index (χ1) is 14.2. The van der Waals surface area contributed by atoms with E-state index in [9.17, 15) is 14.4 Å². The van der Waals surface area contributed by atoms with E-state index in [0.717, 1.165) is 42.4 Å². The summed E-state index contributed by atoms with van der Waals surface area (Å²) in [6, 6.07) is 5.50. The van der Waals surface area contributed by atoms with Gasteiger partial charge in [0.1, 0.15) is 11.4 Å². The summed E-state index contributed by atoms with van der Waals surface area (Å²) in [6.07, 6.45) is 2.98. The maximum Gasteiger partial charge on any atom is 0.407 e. The number of rotatable bonds is 4. The van der Waals surface area contributed by atoms with Crippen LogP contribution in [-0.2, 0) is 9.53 Å². The molecule has 2 heterocycles. The molecule has 162 valence electrons. The maximum atomic E-state index is 12.2. The van der Waals surface area contributed by atoms with Gasteiger partial charge in [-0.3, -0.25) is 14.9 Å². The summed E-state index contributed by atoms with van der Waals surface area (Å²) < 4.78 is 11.0. The number of nitrogens with zero attached hydrogens (tertiary/aromatic N) is 1. The molecular formula is C21H27N3O5S. The number of ether oxygens (including phenoxy) is 2. The molecule has 0 aliphatic carbocycles. The predicted molar refractivity (Wildman–Crippen MR) is 117 cm³/mol. The lowest BCUT2D eigenvalue weighted by Gasteiger charge is -2.36. The molecule has 2 fully saturated rings. The minimum absolute atomic E-state index is 0.0789. The molecule has 0 spiro atoms. The largest absolute Gasteiger partial charge is 0.495 e. The molecule has 0 radical (unpaired) electrons. The SMILES string of the molecule is COc1cccc(C=C2SC(=O)NC2=O)c1N1CCC[C@@H](NC(=O)OC(C)(C)C)C1. The molecule has 9 heteroatoms. The number of alkyl carbamates (subject to hydrolysis) is 1. The first kappa shape index (κ1) is 22.0. The van der Waals surface area contributed by atoms with E-state index < -0.39 is 17.6 Å². The van der Waals surface area contributed by atoms with Crippen molar-refractivity contribution in [3.8, 4) is 5.75 Å². The van der Waals surface area contributed by atoms with Gasteiger partial charge >= 0.3 is 6.09 Å². The summed E-state index contributed by atoms with van der Waals surface area (Å²) in [6.45, 7) is 6.85. The van der Waals surface area contributed by atoms with Gasteiger partial charge in [-0.05, 0) is 57.5 Å². The van der Waals surface area contributed by atoms with Gasteiger partial charge < -0.3 is 19.7 Å². The molecule has 1 aromatic carbocycles. The van der Waals surface area contributed by atoms with Gasteiger partial charge in [0.25, 0.3) is 11.1 Å². The van der Waals surface area contributed by atoms with E-state index in [-0.39, 0.29) is 11.3 Å². The van der Waals surface area contributed by atoms with Crippen molar-refractivity contribution in [3.63, 3.8) is 0 Å². The first-order valence-corrected chi connectivity index (χ1v) is 10.6. The summed E-state index contributed by atoms with van der Waals surface area (Å²) in [5.74, 6) is 0.263. The minimum atomic E-state index is -0.558. The van der Waals surface area contributed by atoms with Crippen LogP contribution in [0.1, 0.15) is 39.2 Å². The van der Waals surface area contributed by atoms with E-state index in [1.54, 1.807) is 13.2 Å². The van der Waals surface area contributed by atoms with Gasteiger partial charge in [0.15, 0.2) is 0 Å². The van der Waals surface area contributed by atoms with Crippen LogP contribution in [0.25, 0.3) is 6.08 Å². The zero-order chi connectivity index (χ0) is 21.9. The molecule has 2 saturated heterocycles. The number of para-hydroxylation sites is 1. The highest BCUT2D eigenvalue weighted by Gasteiger charge is 2.29. The molecule has 2 aliphatic heterocycles. The van der Waals surface area contributed by atoms with E-state index in [2.05, 4.69) is 15.5 Å². The fourth-order valence-electron chi connectivity index (χ4n) is 3.49. The number of thioether (sulfide) groups is 1. The molecule has 1 aromatic rings. The van der Waals surface area contributed by atoms with E-state index in [4.69, 9.17) is 9.47 Å². The summed E-state index contributed by atoms with van der Waals surface area (Å²) in [5.41, 5.74) is 1.05. The minimum Gasteiger partial charge on any atom is -0.495 e. The van der Waals surface area contributed by atoms with Gasteiger partial charge in [-0.25, -0.2) is 4.79 Å². The van der Waals surface area contributed by atoms with Crippen molar-refractivity contribution in [1.29, 1.82) is 0 Å². The highest BCUT2D eigenvalue weighted by atomic mass is 32.2. The van der Waals surface area contributed by atoms with E-state index in [1.165, 1.54) is 0 Å². The molecule has 2 aliphatic rings. The normalized spacial score (nSPS) is 20.9. The quantitative estimate of drug-likeness (QED) is 0.701. The molecule has 0 unspecified atom stereocenters. The molecular weight excluding hydrogens is 406 g/mol. The van der Waals surface area contributed by atoms with Crippen molar-refractivity contribution in [2.75, 3.05) is 25.1 Å². The molecule has 0 saturated carbocycles. The Morgan fingerprint density at radius 1 is 1.33 bits per heavy atom. The third-order valence-electron chi connectivity index (χ3n) is 4.64. The Labute approximate surface area is 180 Å². The third-order valence-corrected chi connectivity index (χ3v) is 5.45. The van der Waals surface area contributed by atoms with Crippen LogP contribution < -0.4 is 20.3 Å². The Balaban J connectivity index is 1.83. The Bertz CT molecular complexity index is 878. The van der Waals surface area contributed by atoms with Crippen molar-refractivity contribution in [1.82, 2.24) is 10.6 Å². The van der Waals surface area contributed by atoms with Gasteiger partial charge in [0, 0.05) is 24.7 Å². The third kappa shape index (κ3) is 5.47. The number of carbonyl (C=O) groups excluding carboxylic acids is 3. The smallest absolute Gasteiger partial charge is 0.407 e. The molecule has 1 atom stereocenters. The van der Waals surface area contributed by atoms with Crippen molar-refractivity contribution in [3.05, 3.63) is 28.7 Å². The Kier molecular flexibility index (Phi) is 6.60. The number of anilines is 1. The zero-order valence-corrected chi connectivity index (χ0v) is 18.4. The topological polar surface area (TPSA) is 97.0 Å². The number of hydrogen-bond donors (Lipinski definition) is 2. The number of methoxy groups -OCH3 is 1. The second-order valence-corrected chi connectivity index (χ2v) is 9.20. The van der Waals surface area contributed by atoms with Crippen LogP contribution in [0, 0.1) is 0 Å². The summed E-state index contributed by atoms with van der Waals surface area (Å²) in [7, 11) is 1.59. The van der Waals surface area contributed by atoms with Crippen LogP contribution in [0.5, 0.6) is 5.75 Å². The lowest BCUT2D eigenvalue weighted by molar-refractivity contribution is -0.115. The molecule has 2 N–H and O–H groups in total. The highest BCUT2D eigenvalue weighted by Crippen LogP contribution is 2.37. The monoisotopic (exact) mass is 433 g/mol. The van der Waals surface area contributed by atoms with Crippen molar-refractivity contribution < 1.29 is 23.9 Å². The maximum absolute atomic E-state index is 12.2. The van der Waals surface area contributed by atoms with Gasteiger partial charge in [-0.1, -0.05) is 12.1 Å². The molecule has 0 aromatic heterocycles. The predicted octanol–water partition coefficient (Wildman–Crippen LogP) is 3.51. The fraction of sp³-hybridized carbons (Fsp3) is 0.476. The lowest BCUT2D eigenvalue weighted by atomic mass is 10.0. The lowest BCUT2D eigenvalue weighted by Crippen LogP contribution is -2.49. The first-order valence-electron chi connectivity index (χ1n) is 9.82. The zero-order valence-electron chi connectivity index (χ0n) is 17.6. The van der Waals surface area contributed by atoms with Crippen molar-refractivity contribution >= 4 is 40.8 Å². The van der Waals surface area contributed by atoms with Gasteiger partial charge in [0.2, 0.25) is 0 Å². The fourth-order valence-corrected chi connectivity index (χ4v) is 4.17. The van der Waals surface area contributed by atoms with E-state index in [0.29, 0.717) is 17.2 Å². The Morgan fingerprint density at radius 2 is 2.10 bits per heavy atom. The Morgan fingerprint density at radius 3 is 2.73 bits per heavy atom. The number of carbonyl (C=O) groups is 3. The van der Waals surface area contributed by atoms with Crippen LogP contribution in [0.15, 0.2) is 23.1 Å². The van der Waals surface area contributed by atoms with E-state index >= 15 is 0 Å². The average Bonchev–Trinajstić information content (AvgIpc) is 2.97. The summed E-state index contributed by atoms with van der Waals surface area (Å²) >= 11 is 0.880. The van der Waals surface area contributed by atoms with Crippen LogP contribution in [0.2, 0.25) is 0 Å². The number of piperidine rings is 1. The van der Waals surface area contributed by atoms with Crippen LogP contribution in [-0.4, -0.2) is 49.1 Å². The van der Waals surface area contributed by atoms with Gasteiger partial charge in [0.05, 0.1) is 17.7 Å². The number of nitrogens with one attached hydrogen (secondary N) is 2. The standard InChI is InChI=1S/C21H27N3O5S/c1-21(2,3)29-19(26)22-14-8-6-10-24(12-14)17-13(7-5-9-15(17)28-4)11-16-18(25)23-20(27)30-16/h5,7,9,11,14H,6,8,10,12H2,1-4H3,(H,22,26)(H,23,25,27)/t14-/m1/s1. The molecule has 8 nitrogen and oxygen atoms in total. The summed E-state index contributed by atoms with van der Waals surface area (Å²) in [5, 5.41) is 4.84. The summed E-state index contributed by atoms with van der Waals surface area (Å²) in [4.78, 5) is 38.2. The molecule has 30 heavy (non-hydrogen) atoms. The second kappa shape index (κ2) is 8.99. The molecule has 0 bridgehead atoms. The van der Waals surface area contributed by atoms with Gasteiger partial charge in [-0.2, -0.15) is 0 Å². The average molecular weight is 434 g/mol. The van der Waals surface area contributed by atoms with Crippen molar-refractivity contribution in [2.24, 2.45) is 0 Å². The number of imide groups is 1. The number of amides is 3. The molecule has 3 amide bonds. The van der Waals surface area contributed by atoms with Crippen molar-refractivity contribution in [2.45, 2.75) is 45.3 Å². The Hall–Kier alpha value is -2.68. The van der Waals surface area contributed by atoms with Crippen LogP contribution in [0.3, 0.4) is 0 Å². The van der Waals surface area contributed by atoms with Crippen LogP contribution in [0.4, 0.5) is 15.3 Å². The van der Waals surface area contributed by atoms with Gasteiger partial charge in [-0.15, -0.1) is 0 Å². The van der Waals surface area contributed by atoms with E-state index in [1.807, 2.05) is 39.0 Å². The number of hydrogen-bond acceptors (Lipinski definition) is 7. The highest BCUT2D eigenvalue weighted by molar-refractivity contribution is 8.18. The second-order valence-electron chi connectivity index (χ2n) is 8.18.